The smallest absolute Gasteiger partial charge is 0.407 e. The van der Waals surface area contributed by atoms with Gasteiger partial charge in [-0.05, 0) is 143 Å². The Hall–Kier alpha value is -6.54. The number of amides is 5. The van der Waals surface area contributed by atoms with Crippen LogP contribution in [0.5, 0.6) is 11.5 Å². The number of likely N-dealkylation sites (tertiary alicyclic amines) is 2. The molecule has 458 valence electrons. The zero-order valence-electron chi connectivity index (χ0n) is 49.9. The number of carbonyl (C=O) groups is 5. The number of fused-ring (bicyclic) bond motifs is 1. The number of alkyl carbamates (subject to hydrolysis) is 1. The van der Waals surface area contributed by atoms with Crippen molar-refractivity contribution in [2.24, 2.45) is 11.8 Å². The second-order valence-electron chi connectivity index (χ2n) is 24.3. The molecule has 3 aromatic carbocycles. The van der Waals surface area contributed by atoms with Gasteiger partial charge < -0.3 is 54.5 Å². The molecule has 2 aliphatic carbocycles. The second kappa shape index (κ2) is 29.2. The van der Waals surface area contributed by atoms with E-state index in [2.05, 4.69) is 42.2 Å². The summed E-state index contributed by atoms with van der Waals surface area (Å²) in [5.74, 6) is 2.24. The molecule has 4 saturated heterocycles. The van der Waals surface area contributed by atoms with E-state index < -0.39 is 24.8 Å². The van der Waals surface area contributed by atoms with Crippen molar-refractivity contribution in [2.75, 3.05) is 117 Å². The highest BCUT2D eigenvalue weighted by Crippen LogP contribution is 2.43. The third-order valence-electron chi connectivity index (χ3n) is 18.8. The average molecular weight is 1190 g/mol. The molecule has 5 fully saturated rings. The summed E-state index contributed by atoms with van der Waals surface area (Å²) in [6.07, 6.45) is 10.4. The minimum Gasteiger partial charge on any atom is -0.497 e. The Kier molecular flexibility index (Phi) is 21.2. The van der Waals surface area contributed by atoms with Crippen LogP contribution in [0.2, 0.25) is 5.02 Å². The molecule has 3 N–H and O–H groups in total. The van der Waals surface area contributed by atoms with Gasteiger partial charge in [0.05, 0.1) is 31.4 Å². The van der Waals surface area contributed by atoms with Crippen molar-refractivity contribution in [1.82, 2.24) is 45.1 Å². The molecule has 20 heteroatoms. The number of benzene rings is 3. The Labute approximate surface area is 506 Å². The molecule has 19 nitrogen and oxygen atoms in total. The first kappa shape index (κ1) is 61.5. The molecule has 5 atom stereocenters. The van der Waals surface area contributed by atoms with E-state index in [0.29, 0.717) is 93.4 Å². The number of hydrogen-bond acceptors (Lipinski definition) is 14. The van der Waals surface area contributed by atoms with Crippen molar-refractivity contribution in [2.45, 2.75) is 121 Å². The molecule has 1 unspecified atom stereocenters. The first-order valence-corrected chi connectivity index (χ1v) is 31.6. The maximum Gasteiger partial charge on any atom is 0.407 e. The first-order chi connectivity index (χ1) is 41.3. The van der Waals surface area contributed by atoms with Gasteiger partial charge in [0.2, 0.25) is 11.8 Å². The number of carbonyl (C=O) groups excluding carboxylic acids is 5. The van der Waals surface area contributed by atoms with Crippen LogP contribution in [0.25, 0.3) is 0 Å². The predicted octanol–water partition coefficient (Wildman–Crippen LogP) is 7.77. The van der Waals surface area contributed by atoms with Crippen molar-refractivity contribution < 1.29 is 43.3 Å². The van der Waals surface area contributed by atoms with E-state index in [1.165, 1.54) is 0 Å². The number of nitrogens with zero attached hydrogens (tertiary/aromatic N) is 8. The lowest BCUT2D eigenvalue weighted by Crippen LogP contribution is -2.57. The number of rotatable bonds is 20. The van der Waals surface area contributed by atoms with Gasteiger partial charge in [-0.15, -0.1) is 0 Å². The molecule has 5 amide bonds. The fraction of sp³-hybridized carbons (Fsp3) is 0.585. The Balaban J connectivity index is 0.669. The number of ether oxygens (including phenoxy) is 3. The molecule has 5 heterocycles. The number of hydrogen-bond donors (Lipinski definition) is 3. The van der Waals surface area contributed by atoms with Crippen molar-refractivity contribution in [3.63, 3.8) is 0 Å². The van der Waals surface area contributed by atoms with Gasteiger partial charge in [0.25, 0.3) is 11.8 Å². The number of aromatic nitrogens is 2. The first-order valence-electron chi connectivity index (χ1n) is 31.3. The van der Waals surface area contributed by atoms with Crippen LogP contribution >= 0.6 is 11.6 Å². The molecule has 10 rings (SSSR count). The number of halogens is 1. The Morgan fingerprint density at radius 1 is 0.776 bits per heavy atom. The summed E-state index contributed by atoms with van der Waals surface area (Å²) in [6, 6.07) is 20.1. The lowest BCUT2D eigenvalue weighted by atomic mass is 9.83. The molecule has 4 aliphatic heterocycles. The van der Waals surface area contributed by atoms with Crippen LogP contribution in [0.15, 0.2) is 73.1 Å². The maximum absolute atomic E-state index is 14.6. The summed E-state index contributed by atoms with van der Waals surface area (Å²) in [7, 11) is 1.58. The SMILES string of the molecule is CCOc1cc(OC)ccc1CNC(=O)OCC(=O)N1CCCC(c2cccc(C(=O)N[C@@H](C(=O)N3CCN(CC4CCN(CC[C@@H](C(=O)N5CCN(c6ncnc7c6[C@H](C)C[C@H]7O)CC5)c5ccc(Cl)cc5)CC4)CC3)C3CCCCC3)c2)C1. The monoisotopic (exact) mass is 1190 g/mol. The lowest BCUT2D eigenvalue weighted by molar-refractivity contribution is -0.137. The third kappa shape index (κ3) is 15.5. The highest BCUT2D eigenvalue weighted by atomic mass is 35.5. The van der Waals surface area contributed by atoms with E-state index >= 15 is 0 Å². The van der Waals surface area contributed by atoms with E-state index in [0.717, 1.165) is 137 Å². The second-order valence-corrected chi connectivity index (χ2v) is 24.7. The molecule has 1 saturated carbocycles. The maximum atomic E-state index is 14.6. The highest BCUT2D eigenvalue weighted by Gasteiger charge is 2.38. The van der Waals surface area contributed by atoms with Crippen molar-refractivity contribution >= 4 is 47.1 Å². The van der Waals surface area contributed by atoms with Gasteiger partial charge in [-0.2, -0.15) is 0 Å². The Morgan fingerprint density at radius 2 is 1.52 bits per heavy atom. The molecule has 6 aliphatic rings. The highest BCUT2D eigenvalue weighted by molar-refractivity contribution is 6.30. The Morgan fingerprint density at radius 3 is 2.26 bits per heavy atom. The van der Waals surface area contributed by atoms with Crippen LogP contribution in [-0.4, -0.2) is 187 Å². The number of nitrogens with one attached hydrogen (secondary N) is 2. The fourth-order valence-electron chi connectivity index (χ4n) is 13.9. The quantitative estimate of drug-likeness (QED) is 0.0775. The minimum absolute atomic E-state index is 0.0108. The largest absolute Gasteiger partial charge is 0.497 e. The number of aliphatic hydroxyl groups is 1. The summed E-state index contributed by atoms with van der Waals surface area (Å²) in [4.78, 5) is 91.4. The number of piperidine rings is 2. The van der Waals surface area contributed by atoms with Crippen LogP contribution < -0.4 is 25.0 Å². The molecule has 0 radical (unpaired) electrons. The number of anilines is 1. The summed E-state index contributed by atoms with van der Waals surface area (Å²) >= 11 is 6.34. The van der Waals surface area contributed by atoms with Gasteiger partial charge in [0.1, 0.15) is 29.7 Å². The van der Waals surface area contributed by atoms with E-state index in [-0.39, 0.29) is 53.8 Å². The number of aliphatic hydroxyl groups excluding tert-OH is 1. The summed E-state index contributed by atoms with van der Waals surface area (Å²) in [6.45, 7) is 14.3. The van der Waals surface area contributed by atoms with Crippen LogP contribution in [0.1, 0.15) is 147 Å². The minimum atomic E-state index is -0.705. The van der Waals surface area contributed by atoms with Crippen LogP contribution in [0.4, 0.5) is 10.6 Å². The molecule has 1 aromatic heterocycles. The number of piperazine rings is 2. The molecule has 0 spiro atoms. The van der Waals surface area contributed by atoms with E-state index in [1.807, 2.05) is 65.3 Å². The van der Waals surface area contributed by atoms with E-state index in [9.17, 15) is 29.1 Å². The van der Waals surface area contributed by atoms with Crippen molar-refractivity contribution in [3.8, 4) is 11.5 Å². The van der Waals surface area contributed by atoms with Crippen LogP contribution in [0.3, 0.4) is 0 Å². The zero-order valence-corrected chi connectivity index (χ0v) is 50.7. The zero-order chi connectivity index (χ0) is 59.4. The number of methoxy groups -OCH3 is 1. The summed E-state index contributed by atoms with van der Waals surface area (Å²) in [5.41, 5.74) is 4.96. The molecule has 0 bridgehead atoms. The van der Waals surface area contributed by atoms with Gasteiger partial charge in [-0.1, -0.05) is 62.1 Å². The molecular weight excluding hydrogens is 1100 g/mol. The Bertz CT molecular complexity index is 2920. The van der Waals surface area contributed by atoms with Gasteiger partial charge in [-0.25, -0.2) is 14.8 Å². The van der Waals surface area contributed by atoms with Gasteiger partial charge >= 0.3 is 6.09 Å². The predicted molar refractivity (Wildman–Crippen MR) is 325 cm³/mol. The lowest BCUT2D eigenvalue weighted by Gasteiger charge is -2.41. The summed E-state index contributed by atoms with van der Waals surface area (Å²) < 4.78 is 16.4. The van der Waals surface area contributed by atoms with Gasteiger partial charge in [-0.3, -0.25) is 24.1 Å². The van der Waals surface area contributed by atoms with Crippen LogP contribution in [-0.2, 0) is 25.7 Å². The van der Waals surface area contributed by atoms with Crippen LogP contribution in [0, 0.1) is 11.8 Å². The average Bonchev–Trinajstić information content (AvgIpc) is 3.28. The van der Waals surface area contributed by atoms with Gasteiger partial charge in [0.15, 0.2) is 6.61 Å². The molecule has 4 aromatic rings. The normalized spacial score (nSPS) is 21.6. The van der Waals surface area contributed by atoms with Crippen molar-refractivity contribution in [3.05, 3.63) is 112 Å². The third-order valence-corrected chi connectivity index (χ3v) is 19.0. The van der Waals surface area contributed by atoms with Crippen molar-refractivity contribution in [1.29, 1.82) is 0 Å². The topological polar surface area (TPSA) is 203 Å². The molecular formula is C65H87ClN10O9. The van der Waals surface area contributed by atoms with E-state index in [4.69, 9.17) is 25.8 Å². The molecule has 85 heavy (non-hydrogen) atoms. The standard InChI is InChI=1S/C65H87ClN10O9/c1-4-84-56-38-53(83-3)20-17-50(56)39-67-65(82)85-42-57(78)76-24-9-14-51(41-76)48-12-8-13-49(37-48)62(79)70-59(47-10-6-5-7-11-47)64(81)75-30-28-72(29-31-75)40-45-21-25-71(26-22-45)27-23-54(46-15-18-52(66)19-16-46)63(80)74-34-32-73(33-35-74)61-58-44(2)36-55(77)60(58)68-43-69-61/h8,12-13,15-20,37-38,43-45,47,51,54-55,59,77H,4-7,9-11,14,21-36,39-42H2,1-3H3,(H,67,82)(H,70,79)/t44-,51?,54-,55-,59-/m1/s1. The fourth-order valence-corrected chi connectivity index (χ4v) is 14.0. The van der Waals surface area contributed by atoms with E-state index in [1.54, 1.807) is 36.5 Å². The van der Waals surface area contributed by atoms with Gasteiger partial charge in [0, 0.05) is 112 Å². The summed E-state index contributed by atoms with van der Waals surface area (Å²) in [5, 5.41) is 17.2.